The normalized spacial score (nSPS) is 17.1. The first kappa shape index (κ1) is 42.5. The van der Waals surface area contributed by atoms with E-state index in [0.29, 0.717) is 12.2 Å². The van der Waals surface area contributed by atoms with Crippen LogP contribution in [0.3, 0.4) is 0 Å². The molecular formula is C48H46N2O8S2. The highest BCUT2D eigenvalue weighted by Crippen LogP contribution is 2.40. The number of nitrogens with one attached hydrogen (secondary N) is 2. The summed E-state index contributed by atoms with van der Waals surface area (Å²) in [6.07, 6.45) is -0.391. The predicted octanol–water partition coefficient (Wildman–Crippen LogP) is 8.40. The van der Waals surface area contributed by atoms with Gasteiger partial charge in [-0.25, -0.2) is 13.2 Å². The van der Waals surface area contributed by atoms with Gasteiger partial charge in [0, 0.05) is 29.2 Å². The molecule has 6 aromatic carbocycles. The van der Waals surface area contributed by atoms with Crippen LogP contribution in [-0.4, -0.2) is 48.4 Å². The lowest BCUT2D eigenvalue weighted by Crippen LogP contribution is -2.47. The molecule has 4 atom stereocenters. The summed E-state index contributed by atoms with van der Waals surface area (Å²) < 4.78 is 42.6. The Balaban J connectivity index is 1.06. The molecule has 60 heavy (non-hydrogen) atoms. The molecule has 0 saturated carbocycles. The van der Waals surface area contributed by atoms with Crippen LogP contribution in [0.4, 0.5) is 0 Å². The SMILES string of the molecule is Cc1ccc(S(=O)(=O)N[C@H](Cc2ccccc2)C(=O)NCc2cccc(-c3cccc([C@@H]4O[C@H](CSc5ccc(C(=O)O)cc5)C[C@H](c5ccc(CO)cc5)O4)c3)c2)cc1. The molecule has 0 aliphatic carbocycles. The Labute approximate surface area is 354 Å². The first-order valence-electron chi connectivity index (χ1n) is 19.6. The van der Waals surface area contributed by atoms with Crippen molar-refractivity contribution >= 4 is 33.7 Å². The van der Waals surface area contributed by atoms with Gasteiger partial charge in [-0.15, -0.1) is 11.8 Å². The molecule has 1 fully saturated rings. The Kier molecular flexibility index (Phi) is 13.9. The van der Waals surface area contributed by atoms with Gasteiger partial charge < -0.3 is 25.0 Å². The molecule has 0 bridgehead atoms. The van der Waals surface area contributed by atoms with Gasteiger partial charge in [0.2, 0.25) is 15.9 Å². The van der Waals surface area contributed by atoms with Crippen LogP contribution in [-0.2, 0) is 43.9 Å². The molecule has 6 aromatic rings. The number of carbonyl (C=O) groups excluding carboxylic acids is 1. The molecule has 1 aliphatic heterocycles. The highest BCUT2D eigenvalue weighted by atomic mass is 32.2. The van der Waals surface area contributed by atoms with E-state index in [1.165, 1.54) is 12.1 Å². The highest BCUT2D eigenvalue weighted by Gasteiger charge is 2.33. The lowest BCUT2D eigenvalue weighted by atomic mass is 9.99. The van der Waals surface area contributed by atoms with Crippen molar-refractivity contribution in [2.24, 2.45) is 0 Å². The number of carboxylic acids is 1. The Morgan fingerprint density at radius 1 is 0.750 bits per heavy atom. The van der Waals surface area contributed by atoms with Crippen LogP contribution < -0.4 is 10.0 Å². The summed E-state index contributed by atoms with van der Waals surface area (Å²) in [6, 6.07) is 45.0. The maximum Gasteiger partial charge on any atom is 0.335 e. The Bertz CT molecular complexity index is 2500. The number of hydrogen-bond acceptors (Lipinski definition) is 8. The maximum absolute atomic E-state index is 13.7. The largest absolute Gasteiger partial charge is 0.478 e. The number of carboxylic acid groups (broad SMARTS) is 1. The van der Waals surface area contributed by atoms with Crippen molar-refractivity contribution in [1.82, 2.24) is 10.0 Å². The number of aryl methyl sites for hydroxylation is 1. The number of aliphatic hydroxyl groups is 1. The van der Waals surface area contributed by atoms with Crippen molar-refractivity contribution in [2.45, 2.75) is 67.2 Å². The lowest BCUT2D eigenvalue weighted by molar-refractivity contribution is -0.245. The van der Waals surface area contributed by atoms with Gasteiger partial charge in [0.25, 0.3) is 0 Å². The van der Waals surface area contributed by atoms with Gasteiger partial charge in [-0.2, -0.15) is 4.72 Å². The molecular weight excluding hydrogens is 797 g/mol. The van der Waals surface area contributed by atoms with Crippen molar-refractivity contribution < 1.29 is 37.7 Å². The summed E-state index contributed by atoms with van der Waals surface area (Å²) in [5.41, 5.74) is 7.24. The Morgan fingerprint density at radius 3 is 2.13 bits per heavy atom. The highest BCUT2D eigenvalue weighted by molar-refractivity contribution is 7.99. The van der Waals surface area contributed by atoms with Gasteiger partial charge in [0.05, 0.1) is 29.3 Å². The van der Waals surface area contributed by atoms with Crippen LogP contribution in [0, 0.1) is 6.92 Å². The maximum atomic E-state index is 13.7. The van der Waals surface area contributed by atoms with E-state index in [2.05, 4.69) is 10.0 Å². The van der Waals surface area contributed by atoms with Crippen LogP contribution in [0.1, 0.15) is 62.6 Å². The number of hydrogen-bond donors (Lipinski definition) is 4. The Morgan fingerprint density at radius 2 is 1.43 bits per heavy atom. The van der Waals surface area contributed by atoms with E-state index < -0.39 is 34.2 Å². The number of thioether (sulfide) groups is 1. The fourth-order valence-electron chi connectivity index (χ4n) is 6.95. The average molecular weight is 843 g/mol. The predicted molar refractivity (Wildman–Crippen MR) is 232 cm³/mol. The number of ether oxygens (including phenoxy) is 2. The zero-order valence-electron chi connectivity index (χ0n) is 32.9. The molecule has 1 heterocycles. The van der Waals surface area contributed by atoms with Gasteiger partial charge in [0.15, 0.2) is 6.29 Å². The van der Waals surface area contributed by atoms with E-state index >= 15 is 0 Å². The minimum Gasteiger partial charge on any atom is -0.478 e. The summed E-state index contributed by atoms with van der Waals surface area (Å²) >= 11 is 1.59. The molecule has 1 aliphatic rings. The number of sulfonamides is 1. The van der Waals surface area contributed by atoms with E-state index in [0.717, 1.165) is 49.4 Å². The van der Waals surface area contributed by atoms with Crippen LogP contribution in [0.2, 0.25) is 0 Å². The van der Waals surface area contributed by atoms with Crippen molar-refractivity contribution in [3.8, 4) is 11.1 Å². The van der Waals surface area contributed by atoms with Crippen LogP contribution in [0.5, 0.6) is 0 Å². The quantitative estimate of drug-likeness (QED) is 0.0705. The second kappa shape index (κ2) is 19.6. The standard InChI is InChI=1S/C48H46N2O8S2/c1-32-13-23-43(24-14-32)60(55,56)50-44(26-33-7-3-2-4-8-33)46(52)49-29-35-9-5-10-38(25-35)39-11-6-12-40(27-39)48-57-41(31-59-42-21-19-37(20-22-42)47(53)54)28-45(58-48)36-17-15-34(30-51)16-18-36/h2-25,27,41,44-45,48,50-51H,26,28-31H2,1H3,(H,49,52)(H,53,54)/t41-,44+,45+,48+/m0/s1. The topological polar surface area (TPSA) is 151 Å². The van der Waals surface area contributed by atoms with Crippen molar-refractivity contribution in [3.63, 3.8) is 0 Å². The number of rotatable bonds is 16. The van der Waals surface area contributed by atoms with E-state index in [9.17, 15) is 28.2 Å². The number of amides is 1. The fraction of sp³-hybridized carbons (Fsp3) is 0.208. The van der Waals surface area contributed by atoms with Gasteiger partial charge in [0.1, 0.15) is 6.04 Å². The van der Waals surface area contributed by atoms with Crippen LogP contribution in [0.15, 0.2) is 161 Å². The summed E-state index contributed by atoms with van der Waals surface area (Å²) in [7, 11) is -3.99. The van der Waals surface area contributed by atoms with Gasteiger partial charge >= 0.3 is 5.97 Å². The number of aliphatic hydroxyl groups excluding tert-OH is 1. The second-order valence-corrected chi connectivity index (χ2v) is 17.5. The van der Waals surface area contributed by atoms with E-state index in [4.69, 9.17) is 9.47 Å². The van der Waals surface area contributed by atoms with E-state index in [1.807, 2.05) is 110 Å². The molecule has 0 radical (unpaired) electrons. The minimum absolute atomic E-state index is 0.0529. The van der Waals surface area contributed by atoms with E-state index in [-0.39, 0.29) is 42.2 Å². The van der Waals surface area contributed by atoms with Crippen molar-refractivity contribution in [3.05, 3.63) is 191 Å². The summed E-state index contributed by atoms with van der Waals surface area (Å²) in [4.78, 5) is 26.1. The van der Waals surface area contributed by atoms with Gasteiger partial charge in [-0.3, -0.25) is 4.79 Å². The molecule has 10 nitrogen and oxygen atoms in total. The first-order valence-corrected chi connectivity index (χ1v) is 22.1. The molecule has 4 N–H and O–H groups in total. The van der Waals surface area contributed by atoms with Crippen LogP contribution in [0.25, 0.3) is 11.1 Å². The molecule has 1 amide bonds. The van der Waals surface area contributed by atoms with E-state index in [1.54, 1.807) is 48.2 Å². The van der Waals surface area contributed by atoms with Crippen LogP contribution >= 0.6 is 11.8 Å². The number of carbonyl (C=O) groups is 2. The third kappa shape index (κ3) is 11.2. The second-order valence-electron chi connectivity index (χ2n) is 14.7. The molecule has 12 heteroatoms. The summed E-state index contributed by atoms with van der Waals surface area (Å²) in [5.74, 6) is -0.799. The molecule has 308 valence electrons. The minimum atomic E-state index is -3.99. The van der Waals surface area contributed by atoms with Gasteiger partial charge in [-0.1, -0.05) is 109 Å². The molecule has 7 rings (SSSR count). The van der Waals surface area contributed by atoms with Gasteiger partial charge in [-0.05, 0) is 95.3 Å². The first-order chi connectivity index (χ1) is 29.0. The molecule has 0 spiro atoms. The lowest BCUT2D eigenvalue weighted by Gasteiger charge is -2.36. The van der Waals surface area contributed by atoms with Crippen molar-refractivity contribution in [2.75, 3.05) is 5.75 Å². The average Bonchev–Trinajstić information content (AvgIpc) is 3.28. The summed E-state index contributed by atoms with van der Waals surface area (Å²) in [6.45, 7) is 2.00. The Hall–Kier alpha value is -5.60. The van der Waals surface area contributed by atoms with Crippen molar-refractivity contribution in [1.29, 1.82) is 0 Å². The fourth-order valence-corrected chi connectivity index (χ4v) is 9.07. The smallest absolute Gasteiger partial charge is 0.335 e. The molecule has 0 unspecified atom stereocenters. The third-order valence-electron chi connectivity index (χ3n) is 10.3. The number of aromatic carboxylic acids is 1. The zero-order valence-corrected chi connectivity index (χ0v) is 34.6. The summed E-state index contributed by atoms with van der Waals surface area (Å²) in [5, 5.41) is 21.9. The monoisotopic (exact) mass is 842 g/mol. The zero-order chi connectivity index (χ0) is 42.1. The third-order valence-corrected chi connectivity index (χ3v) is 12.9. The molecule has 0 aromatic heterocycles. The molecule has 1 saturated heterocycles. The number of benzene rings is 6.